The van der Waals surface area contributed by atoms with Crippen LogP contribution in [0.2, 0.25) is 0 Å². The molecule has 0 saturated heterocycles. The second-order valence-corrected chi connectivity index (χ2v) is 4.35. The molecule has 0 amide bonds. The molecule has 88 valence electrons. The van der Waals surface area contributed by atoms with Crippen molar-refractivity contribution in [2.45, 2.75) is 13.8 Å². The minimum absolute atomic E-state index is 0.0628. The van der Waals surface area contributed by atoms with Gasteiger partial charge in [-0.1, -0.05) is 13.8 Å². The van der Waals surface area contributed by atoms with Gasteiger partial charge in [-0.25, -0.2) is 4.52 Å². The average Bonchev–Trinajstić information content (AvgIpc) is 2.69. The number of nitriles is 1. The summed E-state index contributed by atoms with van der Waals surface area (Å²) in [7, 11) is 0. The minimum atomic E-state index is 0.0628. The Morgan fingerprint density at radius 1 is 1.59 bits per heavy atom. The SMILES string of the molecule is CC(C)CNc1cc(O)c2c(C#N)cnn2c1. The molecule has 0 aromatic carbocycles. The van der Waals surface area contributed by atoms with E-state index < -0.39 is 0 Å². The predicted molar refractivity (Wildman–Crippen MR) is 64.9 cm³/mol. The van der Waals surface area contributed by atoms with Crippen molar-refractivity contribution in [3.63, 3.8) is 0 Å². The molecule has 0 atom stereocenters. The van der Waals surface area contributed by atoms with Crippen LogP contribution >= 0.6 is 0 Å². The number of nitrogens with one attached hydrogen (secondary N) is 1. The van der Waals surface area contributed by atoms with Gasteiger partial charge in [-0.3, -0.25) is 0 Å². The fraction of sp³-hybridized carbons (Fsp3) is 0.333. The molecule has 0 unspecified atom stereocenters. The van der Waals surface area contributed by atoms with Gasteiger partial charge in [0, 0.05) is 12.6 Å². The van der Waals surface area contributed by atoms with Crippen LogP contribution < -0.4 is 5.32 Å². The minimum Gasteiger partial charge on any atom is -0.506 e. The van der Waals surface area contributed by atoms with Gasteiger partial charge in [-0.05, 0) is 5.92 Å². The quantitative estimate of drug-likeness (QED) is 0.845. The van der Waals surface area contributed by atoms with Crippen LogP contribution in [0.1, 0.15) is 19.4 Å². The molecule has 0 aliphatic carbocycles. The first-order valence-corrected chi connectivity index (χ1v) is 5.46. The molecule has 0 aliphatic rings. The number of hydrogen-bond donors (Lipinski definition) is 2. The van der Waals surface area contributed by atoms with Crippen LogP contribution in [0.5, 0.6) is 5.75 Å². The number of aromatic hydroxyl groups is 1. The molecular weight excluding hydrogens is 216 g/mol. The predicted octanol–water partition coefficient (Wildman–Crippen LogP) is 1.98. The van der Waals surface area contributed by atoms with Gasteiger partial charge in [0.1, 0.15) is 22.9 Å². The molecule has 0 bridgehead atoms. The molecule has 5 heteroatoms. The summed E-state index contributed by atoms with van der Waals surface area (Å²) in [4.78, 5) is 0. The highest BCUT2D eigenvalue weighted by Gasteiger charge is 2.09. The van der Waals surface area contributed by atoms with E-state index >= 15 is 0 Å². The van der Waals surface area contributed by atoms with Crippen molar-refractivity contribution in [2.75, 3.05) is 11.9 Å². The molecule has 2 heterocycles. The van der Waals surface area contributed by atoms with Gasteiger partial charge >= 0.3 is 0 Å². The lowest BCUT2D eigenvalue weighted by molar-refractivity contribution is 0.478. The van der Waals surface area contributed by atoms with Crippen molar-refractivity contribution in [3.05, 3.63) is 24.0 Å². The van der Waals surface area contributed by atoms with Crippen LogP contribution in [0.4, 0.5) is 5.69 Å². The van der Waals surface area contributed by atoms with Crippen molar-refractivity contribution < 1.29 is 5.11 Å². The third-order valence-corrected chi connectivity index (χ3v) is 2.43. The Labute approximate surface area is 99.3 Å². The Balaban J connectivity index is 2.40. The zero-order valence-corrected chi connectivity index (χ0v) is 9.81. The van der Waals surface area contributed by atoms with Crippen molar-refractivity contribution in [3.8, 4) is 11.8 Å². The summed E-state index contributed by atoms with van der Waals surface area (Å²) in [5.74, 6) is 0.577. The second kappa shape index (κ2) is 4.34. The smallest absolute Gasteiger partial charge is 0.144 e. The molecule has 2 aromatic heterocycles. The Bertz CT molecular complexity index is 580. The zero-order valence-electron chi connectivity index (χ0n) is 9.81. The van der Waals surface area contributed by atoms with Gasteiger partial charge in [-0.15, -0.1) is 0 Å². The number of fused-ring (bicyclic) bond motifs is 1. The average molecular weight is 230 g/mol. The van der Waals surface area contributed by atoms with E-state index in [9.17, 15) is 5.11 Å². The van der Waals surface area contributed by atoms with Crippen molar-refractivity contribution in [2.24, 2.45) is 5.92 Å². The monoisotopic (exact) mass is 230 g/mol. The van der Waals surface area contributed by atoms with E-state index in [0.717, 1.165) is 12.2 Å². The lowest BCUT2D eigenvalue weighted by Gasteiger charge is -2.09. The van der Waals surface area contributed by atoms with E-state index in [4.69, 9.17) is 5.26 Å². The summed E-state index contributed by atoms with van der Waals surface area (Å²) in [6.45, 7) is 5.03. The Hall–Kier alpha value is -2.22. The number of hydrogen-bond acceptors (Lipinski definition) is 4. The summed E-state index contributed by atoms with van der Waals surface area (Å²) < 4.78 is 1.51. The van der Waals surface area contributed by atoms with Gasteiger partial charge in [0.2, 0.25) is 0 Å². The molecule has 2 N–H and O–H groups in total. The highest BCUT2D eigenvalue weighted by Crippen LogP contribution is 2.25. The summed E-state index contributed by atoms with van der Waals surface area (Å²) in [5.41, 5.74) is 1.61. The Morgan fingerprint density at radius 2 is 2.35 bits per heavy atom. The van der Waals surface area contributed by atoms with Crippen LogP contribution in [0.25, 0.3) is 5.52 Å². The molecule has 0 spiro atoms. The van der Waals surface area contributed by atoms with Gasteiger partial charge < -0.3 is 10.4 Å². The van der Waals surface area contributed by atoms with Gasteiger partial charge in [0.05, 0.1) is 18.1 Å². The Morgan fingerprint density at radius 3 is 3.00 bits per heavy atom. The fourth-order valence-corrected chi connectivity index (χ4v) is 1.60. The number of pyridine rings is 1. The molecule has 17 heavy (non-hydrogen) atoms. The van der Waals surface area contributed by atoms with E-state index in [2.05, 4.69) is 24.3 Å². The molecule has 0 radical (unpaired) electrons. The molecule has 5 nitrogen and oxygen atoms in total. The van der Waals surface area contributed by atoms with Crippen LogP contribution in [0.3, 0.4) is 0 Å². The number of aromatic nitrogens is 2. The molecule has 0 fully saturated rings. The third kappa shape index (κ3) is 2.16. The van der Waals surface area contributed by atoms with Crippen LogP contribution in [-0.2, 0) is 0 Å². The molecule has 2 aromatic rings. The summed E-state index contributed by atoms with van der Waals surface area (Å²) in [6, 6.07) is 3.61. The van der Waals surface area contributed by atoms with Gasteiger partial charge in [0.15, 0.2) is 0 Å². The van der Waals surface area contributed by atoms with E-state index in [0.29, 0.717) is 17.0 Å². The first-order valence-electron chi connectivity index (χ1n) is 5.46. The third-order valence-electron chi connectivity index (χ3n) is 2.43. The number of anilines is 1. The largest absolute Gasteiger partial charge is 0.506 e. The molecule has 2 rings (SSSR count). The standard InChI is InChI=1S/C12H14N4O/c1-8(2)5-14-10-3-11(17)12-9(4-13)6-15-16(12)7-10/h3,6-8,14,17H,5H2,1-2H3. The van der Waals surface area contributed by atoms with Crippen molar-refractivity contribution in [1.29, 1.82) is 5.26 Å². The normalized spacial score (nSPS) is 10.7. The summed E-state index contributed by atoms with van der Waals surface area (Å²) in [6.07, 6.45) is 3.21. The summed E-state index contributed by atoms with van der Waals surface area (Å²) >= 11 is 0. The van der Waals surface area contributed by atoms with Crippen molar-refractivity contribution in [1.82, 2.24) is 9.61 Å². The maximum atomic E-state index is 9.87. The lowest BCUT2D eigenvalue weighted by Crippen LogP contribution is -2.08. The first-order chi connectivity index (χ1) is 8.11. The Kier molecular flexibility index (Phi) is 2.88. The van der Waals surface area contributed by atoms with Crippen LogP contribution in [-0.4, -0.2) is 21.3 Å². The van der Waals surface area contributed by atoms with Gasteiger partial charge in [0.25, 0.3) is 0 Å². The number of nitrogens with zero attached hydrogens (tertiary/aromatic N) is 3. The van der Waals surface area contributed by atoms with E-state index in [1.807, 2.05) is 6.07 Å². The lowest BCUT2D eigenvalue weighted by atomic mass is 10.2. The zero-order chi connectivity index (χ0) is 12.4. The highest BCUT2D eigenvalue weighted by atomic mass is 16.3. The number of rotatable bonds is 3. The maximum Gasteiger partial charge on any atom is 0.144 e. The van der Waals surface area contributed by atoms with E-state index in [1.165, 1.54) is 10.7 Å². The highest BCUT2D eigenvalue weighted by molar-refractivity contribution is 5.71. The molecule has 0 saturated carbocycles. The van der Waals surface area contributed by atoms with E-state index in [-0.39, 0.29) is 5.75 Å². The maximum absolute atomic E-state index is 9.87. The van der Waals surface area contributed by atoms with Crippen LogP contribution in [0, 0.1) is 17.2 Å². The fourth-order valence-electron chi connectivity index (χ4n) is 1.60. The molecular formula is C12H14N4O. The first kappa shape index (κ1) is 11.3. The molecule has 0 aliphatic heterocycles. The van der Waals surface area contributed by atoms with Crippen LogP contribution in [0.15, 0.2) is 18.5 Å². The van der Waals surface area contributed by atoms with Gasteiger partial charge in [-0.2, -0.15) is 10.4 Å². The van der Waals surface area contributed by atoms with E-state index in [1.54, 1.807) is 12.3 Å². The van der Waals surface area contributed by atoms with Crippen molar-refractivity contribution >= 4 is 11.2 Å². The summed E-state index contributed by atoms with van der Waals surface area (Å²) in [5, 5.41) is 26.0. The second-order valence-electron chi connectivity index (χ2n) is 4.35. The topological polar surface area (TPSA) is 73.3 Å².